The van der Waals surface area contributed by atoms with Gasteiger partial charge in [0.2, 0.25) is 5.43 Å². The Morgan fingerprint density at radius 2 is 2.31 bits per heavy atom. The zero-order valence-electron chi connectivity index (χ0n) is 8.49. The van der Waals surface area contributed by atoms with Crippen LogP contribution < -0.4 is 5.43 Å². The fraction of sp³-hybridized carbons (Fsp3) is 0.200. The highest BCUT2D eigenvalue weighted by Gasteiger charge is 2.10. The maximum Gasteiger partial charge on any atom is 0.356 e. The Balaban J connectivity index is 2.57. The van der Waals surface area contributed by atoms with Gasteiger partial charge in [0.15, 0.2) is 0 Å². The lowest BCUT2D eigenvalue weighted by Gasteiger charge is -2.02. The highest BCUT2D eigenvalue weighted by atomic mass is 35.5. The van der Waals surface area contributed by atoms with Crippen LogP contribution in [0.25, 0.3) is 5.52 Å². The summed E-state index contributed by atoms with van der Waals surface area (Å²) in [6.07, 6.45) is 1.51. The fourth-order valence-electron chi connectivity index (χ4n) is 1.39. The van der Waals surface area contributed by atoms with Gasteiger partial charge in [0, 0.05) is 12.3 Å². The van der Waals surface area contributed by atoms with Gasteiger partial charge in [-0.3, -0.25) is 14.4 Å². The lowest BCUT2D eigenvalue weighted by atomic mass is 10.3. The van der Waals surface area contributed by atoms with E-state index < -0.39 is 5.97 Å². The molecule has 0 amide bonds. The van der Waals surface area contributed by atoms with Gasteiger partial charge in [-0.2, -0.15) is 0 Å². The van der Waals surface area contributed by atoms with Crippen LogP contribution in [0.1, 0.15) is 17.4 Å². The number of esters is 1. The number of halogens is 1. The molecule has 1 N–H and O–H groups in total. The normalized spacial score (nSPS) is 10.6. The van der Waals surface area contributed by atoms with E-state index in [0.29, 0.717) is 10.5 Å². The molecule has 0 radical (unpaired) electrons. The second-order valence-electron chi connectivity index (χ2n) is 3.17. The maximum absolute atomic E-state index is 11.6. The average molecular weight is 241 g/mol. The minimum absolute atomic E-state index is 0.103. The molecule has 84 valence electrons. The number of carbonyl (C=O) groups is 1. The number of rotatable bonds is 2. The molecule has 0 aliphatic carbocycles. The number of H-pyrrole nitrogens is 1. The van der Waals surface area contributed by atoms with E-state index in [1.807, 2.05) is 0 Å². The summed E-state index contributed by atoms with van der Waals surface area (Å²) in [6.45, 7) is 1.95. The maximum atomic E-state index is 11.6. The Morgan fingerprint density at radius 3 is 3.00 bits per heavy atom. The molecule has 0 aliphatic rings. The molecule has 5 nitrogen and oxygen atoms in total. The van der Waals surface area contributed by atoms with Crippen LogP contribution in [-0.4, -0.2) is 22.2 Å². The molecule has 2 heterocycles. The topological polar surface area (TPSA) is 63.6 Å². The molecule has 2 rings (SSSR count). The number of fused-ring (bicyclic) bond motifs is 1. The van der Waals surface area contributed by atoms with Gasteiger partial charge >= 0.3 is 5.97 Å². The molecule has 0 spiro atoms. The van der Waals surface area contributed by atoms with Gasteiger partial charge in [0.25, 0.3) is 0 Å². The van der Waals surface area contributed by atoms with Gasteiger partial charge in [-0.25, -0.2) is 4.79 Å². The van der Waals surface area contributed by atoms with Crippen molar-refractivity contribution in [3.63, 3.8) is 0 Å². The highest BCUT2D eigenvalue weighted by Crippen LogP contribution is 2.11. The summed E-state index contributed by atoms with van der Waals surface area (Å²) in [5.74, 6) is -0.564. The third-order valence-corrected chi connectivity index (χ3v) is 2.26. The molecule has 0 aromatic carbocycles. The first kappa shape index (κ1) is 10.8. The SMILES string of the molecule is CCOC(=O)c1cc(=O)c2cc(Cl)cn2[nH]1. The van der Waals surface area contributed by atoms with Crippen LogP contribution in [-0.2, 0) is 4.74 Å². The summed E-state index contributed by atoms with van der Waals surface area (Å²) in [7, 11) is 0. The van der Waals surface area contributed by atoms with Crippen molar-refractivity contribution < 1.29 is 9.53 Å². The van der Waals surface area contributed by atoms with Crippen LogP contribution in [0.5, 0.6) is 0 Å². The van der Waals surface area contributed by atoms with Crippen molar-refractivity contribution >= 4 is 23.1 Å². The van der Waals surface area contributed by atoms with E-state index in [4.69, 9.17) is 16.3 Å². The predicted octanol–water partition coefficient (Wildman–Crippen LogP) is 1.46. The molecule has 0 saturated carbocycles. The van der Waals surface area contributed by atoms with Crippen molar-refractivity contribution in [2.24, 2.45) is 0 Å². The molecule has 16 heavy (non-hydrogen) atoms. The highest BCUT2D eigenvalue weighted by molar-refractivity contribution is 6.31. The minimum atomic E-state index is -0.564. The van der Waals surface area contributed by atoms with Crippen molar-refractivity contribution in [2.75, 3.05) is 6.61 Å². The third kappa shape index (κ3) is 1.81. The number of nitrogens with one attached hydrogen (secondary N) is 1. The molecule has 0 fully saturated rings. The van der Waals surface area contributed by atoms with E-state index in [-0.39, 0.29) is 17.7 Å². The summed E-state index contributed by atoms with van der Waals surface area (Å²) >= 11 is 5.75. The zero-order chi connectivity index (χ0) is 11.7. The molecule has 6 heteroatoms. The van der Waals surface area contributed by atoms with Gasteiger partial charge < -0.3 is 4.74 Å². The van der Waals surface area contributed by atoms with Crippen molar-refractivity contribution in [1.82, 2.24) is 9.61 Å². The van der Waals surface area contributed by atoms with Gasteiger partial charge in [0.05, 0.1) is 11.6 Å². The Hall–Kier alpha value is -1.75. The van der Waals surface area contributed by atoms with Gasteiger partial charge in [0.1, 0.15) is 11.2 Å². The fourth-order valence-corrected chi connectivity index (χ4v) is 1.59. The quantitative estimate of drug-likeness (QED) is 0.809. The molecule has 0 unspecified atom stereocenters. The summed E-state index contributed by atoms with van der Waals surface area (Å²) in [5.41, 5.74) is 0.207. The number of hydrogen-bond acceptors (Lipinski definition) is 3. The standard InChI is InChI=1S/C10H9ClN2O3/c1-2-16-10(15)7-4-9(14)8-3-6(11)5-13(8)12-7/h3-5,12H,2H2,1H3. The predicted molar refractivity (Wildman–Crippen MR) is 59.0 cm³/mol. The third-order valence-electron chi connectivity index (χ3n) is 2.05. The van der Waals surface area contributed by atoms with E-state index >= 15 is 0 Å². The number of nitrogens with zero attached hydrogens (tertiary/aromatic N) is 1. The summed E-state index contributed by atoms with van der Waals surface area (Å²) in [4.78, 5) is 23.0. The van der Waals surface area contributed by atoms with E-state index in [1.54, 1.807) is 6.92 Å². The monoisotopic (exact) mass is 240 g/mol. The summed E-state index contributed by atoms with van der Waals surface area (Å²) in [6, 6.07) is 2.72. The first-order valence-corrected chi connectivity index (χ1v) is 5.07. The van der Waals surface area contributed by atoms with E-state index in [2.05, 4.69) is 5.10 Å². The Morgan fingerprint density at radius 1 is 1.56 bits per heavy atom. The van der Waals surface area contributed by atoms with Crippen LogP contribution in [0.2, 0.25) is 5.02 Å². The second-order valence-corrected chi connectivity index (χ2v) is 3.60. The first-order valence-electron chi connectivity index (χ1n) is 4.70. The minimum Gasteiger partial charge on any atom is -0.461 e. The van der Waals surface area contributed by atoms with E-state index in [1.165, 1.54) is 22.8 Å². The lowest BCUT2D eigenvalue weighted by molar-refractivity contribution is 0.0517. The summed E-state index contributed by atoms with van der Waals surface area (Å²) in [5, 5.41) is 3.16. The smallest absolute Gasteiger partial charge is 0.356 e. The molecule has 0 atom stereocenters. The Bertz CT molecular complexity index is 600. The molecule has 0 bridgehead atoms. The number of carbonyl (C=O) groups excluding carboxylic acids is 1. The average Bonchev–Trinajstić information content (AvgIpc) is 2.59. The summed E-state index contributed by atoms with van der Waals surface area (Å²) < 4.78 is 6.18. The molecular formula is C10H9ClN2O3. The number of hydrogen-bond donors (Lipinski definition) is 1. The van der Waals surface area contributed by atoms with Crippen LogP contribution in [0, 0.1) is 0 Å². The van der Waals surface area contributed by atoms with Gasteiger partial charge in [-0.05, 0) is 13.0 Å². The zero-order valence-corrected chi connectivity index (χ0v) is 9.25. The van der Waals surface area contributed by atoms with Crippen LogP contribution in [0.15, 0.2) is 23.1 Å². The van der Waals surface area contributed by atoms with Crippen molar-refractivity contribution in [3.05, 3.63) is 39.3 Å². The van der Waals surface area contributed by atoms with Gasteiger partial charge in [-0.15, -0.1) is 0 Å². The molecule has 2 aromatic heterocycles. The van der Waals surface area contributed by atoms with Crippen LogP contribution in [0.4, 0.5) is 0 Å². The number of aromatic amines is 1. The second kappa shape index (κ2) is 4.02. The molecule has 0 saturated heterocycles. The molecular weight excluding hydrogens is 232 g/mol. The largest absolute Gasteiger partial charge is 0.461 e. The van der Waals surface area contributed by atoms with Crippen molar-refractivity contribution in [2.45, 2.75) is 6.92 Å². The van der Waals surface area contributed by atoms with Crippen LogP contribution in [0.3, 0.4) is 0 Å². The van der Waals surface area contributed by atoms with Crippen molar-refractivity contribution in [1.29, 1.82) is 0 Å². The van der Waals surface area contributed by atoms with Crippen molar-refractivity contribution in [3.8, 4) is 0 Å². The molecule has 0 aliphatic heterocycles. The Labute approximate surface area is 95.6 Å². The number of aromatic nitrogens is 2. The van der Waals surface area contributed by atoms with E-state index in [0.717, 1.165) is 0 Å². The van der Waals surface area contributed by atoms with Crippen LogP contribution >= 0.6 is 11.6 Å². The number of ether oxygens (including phenoxy) is 1. The van der Waals surface area contributed by atoms with Gasteiger partial charge in [-0.1, -0.05) is 11.6 Å². The Kier molecular flexibility index (Phi) is 2.70. The molecule has 2 aromatic rings. The first-order chi connectivity index (χ1) is 7.61. The lowest BCUT2D eigenvalue weighted by Crippen LogP contribution is -2.15. The van der Waals surface area contributed by atoms with E-state index in [9.17, 15) is 9.59 Å².